The van der Waals surface area contributed by atoms with Crippen molar-refractivity contribution < 1.29 is 9.53 Å². The molecule has 0 bridgehead atoms. The average Bonchev–Trinajstić information content (AvgIpc) is 2.61. The number of rotatable bonds is 2. The Hall–Kier alpha value is -0.770. The average molecular weight is 184 g/mol. The van der Waals surface area contributed by atoms with E-state index in [1.165, 1.54) is 0 Å². The van der Waals surface area contributed by atoms with Crippen LogP contribution in [0.1, 0.15) is 26.2 Å². The molecule has 1 heterocycles. The standard InChI is InChI=1S/C9H16N2O2/c1-9(3-4-9)11-8(12)10-7-2-5-13-6-7/h7H,2-6H2,1H3,(H2,10,11,12). The molecule has 1 atom stereocenters. The summed E-state index contributed by atoms with van der Waals surface area (Å²) < 4.78 is 5.16. The molecule has 1 saturated heterocycles. The molecule has 0 spiro atoms. The molecule has 1 aliphatic carbocycles. The van der Waals surface area contributed by atoms with Gasteiger partial charge in [0.05, 0.1) is 12.6 Å². The summed E-state index contributed by atoms with van der Waals surface area (Å²) in [6.07, 6.45) is 3.13. The second kappa shape index (κ2) is 3.18. The Labute approximate surface area is 78.0 Å². The van der Waals surface area contributed by atoms with Gasteiger partial charge in [0, 0.05) is 12.1 Å². The second-order valence-electron chi connectivity index (χ2n) is 4.22. The molecule has 2 fully saturated rings. The van der Waals surface area contributed by atoms with Crippen LogP contribution in [0.25, 0.3) is 0 Å². The van der Waals surface area contributed by atoms with Gasteiger partial charge in [0.15, 0.2) is 0 Å². The fourth-order valence-corrected chi connectivity index (χ4v) is 1.46. The van der Waals surface area contributed by atoms with E-state index >= 15 is 0 Å². The molecule has 2 N–H and O–H groups in total. The second-order valence-corrected chi connectivity index (χ2v) is 4.22. The van der Waals surface area contributed by atoms with Gasteiger partial charge in [0.2, 0.25) is 0 Å². The van der Waals surface area contributed by atoms with Crippen LogP contribution < -0.4 is 10.6 Å². The van der Waals surface area contributed by atoms with Crippen molar-refractivity contribution in [3.05, 3.63) is 0 Å². The van der Waals surface area contributed by atoms with Crippen molar-refractivity contribution in [3.8, 4) is 0 Å². The Morgan fingerprint density at radius 2 is 2.31 bits per heavy atom. The Kier molecular flexibility index (Phi) is 2.15. The van der Waals surface area contributed by atoms with Crippen molar-refractivity contribution in [2.45, 2.75) is 37.8 Å². The molecule has 0 radical (unpaired) electrons. The molecular weight excluding hydrogens is 168 g/mol. The van der Waals surface area contributed by atoms with E-state index in [1.807, 2.05) is 0 Å². The van der Waals surface area contributed by atoms with Crippen molar-refractivity contribution in [2.24, 2.45) is 0 Å². The fourth-order valence-electron chi connectivity index (χ4n) is 1.46. The lowest BCUT2D eigenvalue weighted by atomic mass is 10.3. The third-order valence-corrected chi connectivity index (χ3v) is 2.68. The SMILES string of the molecule is CC1(NC(=O)NC2CCOC2)CC1. The van der Waals surface area contributed by atoms with Crippen LogP contribution in [-0.4, -0.2) is 30.8 Å². The molecule has 4 heteroatoms. The van der Waals surface area contributed by atoms with Gasteiger partial charge in [-0.25, -0.2) is 4.79 Å². The molecular formula is C9H16N2O2. The maximum atomic E-state index is 11.4. The first-order valence-electron chi connectivity index (χ1n) is 4.84. The van der Waals surface area contributed by atoms with E-state index in [0.29, 0.717) is 6.61 Å². The first-order chi connectivity index (χ1) is 6.18. The molecule has 0 aromatic carbocycles. The topological polar surface area (TPSA) is 50.4 Å². The third-order valence-electron chi connectivity index (χ3n) is 2.68. The highest BCUT2D eigenvalue weighted by Crippen LogP contribution is 2.34. The normalized spacial score (nSPS) is 29.8. The summed E-state index contributed by atoms with van der Waals surface area (Å²) in [6.45, 7) is 3.49. The zero-order valence-corrected chi connectivity index (χ0v) is 7.93. The van der Waals surface area contributed by atoms with Gasteiger partial charge in [-0.2, -0.15) is 0 Å². The molecule has 2 rings (SSSR count). The number of nitrogens with one attached hydrogen (secondary N) is 2. The van der Waals surface area contributed by atoms with Gasteiger partial charge < -0.3 is 15.4 Å². The molecule has 2 amide bonds. The minimum atomic E-state index is -0.0458. The molecule has 13 heavy (non-hydrogen) atoms. The third kappa shape index (κ3) is 2.34. The number of hydrogen-bond donors (Lipinski definition) is 2. The Morgan fingerprint density at radius 3 is 2.85 bits per heavy atom. The lowest BCUT2D eigenvalue weighted by Crippen LogP contribution is -2.46. The highest BCUT2D eigenvalue weighted by Gasteiger charge is 2.39. The Morgan fingerprint density at radius 1 is 1.54 bits per heavy atom. The fraction of sp³-hybridized carbons (Fsp3) is 0.889. The summed E-state index contributed by atoms with van der Waals surface area (Å²) in [6, 6.07) is 0.165. The highest BCUT2D eigenvalue weighted by molar-refractivity contribution is 5.75. The summed E-state index contributed by atoms with van der Waals surface area (Å²) >= 11 is 0. The quantitative estimate of drug-likeness (QED) is 0.661. The smallest absolute Gasteiger partial charge is 0.315 e. The van der Waals surface area contributed by atoms with Gasteiger partial charge in [0.1, 0.15) is 0 Å². The number of amides is 2. The molecule has 0 aromatic heterocycles. The summed E-state index contributed by atoms with van der Waals surface area (Å²) in [4.78, 5) is 11.4. The van der Waals surface area contributed by atoms with Gasteiger partial charge in [0.25, 0.3) is 0 Å². The Bertz CT molecular complexity index is 208. The van der Waals surface area contributed by atoms with E-state index in [-0.39, 0.29) is 17.6 Å². The van der Waals surface area contributed by atoms with Gasteiger partial charge in [-0.1, -0.05) is 0 Å². The van der Waals surface area contributed by atoms with Crippen molar-refractivity contribution in [3.63, 3.8) is 0 Å². The van der Waals surface area contributed by atoms with Crippen LogP contribution in [-0.2, 0) is 4.74 Å². The summed E-state index contributed by atoms with van der Waals surface area (Å²) in [7, 11) is 0. The van der Waals surface area contributed by atoms with E-state index in [1.54, 1.807) is 0 Å². The van der Waals surface area contributed by atoms with E-state index in [2.05, 4.69) is 17.6 Å². The minimum Gasteiger partial charge on any atom is -0.379 e. The lowest BCUT2D eigenvalue weighted by molar-refractivity contribution is 0.188. The molecule has 74 valence electrons. The maximum Gasteiger partial charge on any atom is 0.315 e. The minimum absolute atomic E-state index is 0.0458. The molecule has 1 unspecified atom stereocenters. The van der Waals surface area contributed by atoms with Crippen molar-refractivity contribution in [1.29, 1.82) is 0 Å². The lowest BCUT2D eigenvalue weighted by Gasteiger charge is -2.15. The van der Waals surface area contributed by atoms with Crippen LogP contribution in [0.4, 0.5) is 4.79 Å². The van der Waals surface area contributed by atoms with Crippen LogP contribution in [0.15, 0.2) is 0 Å². The first-order valence-corrected chi connectivity index (χ1v) is 4.84. The van der Waals surface area contributed by atoms with Gasteiger partial charge in [-0.15, -0.1) is 0 Å². The van der Waals surface area contributed by atoms with E-state index in [0.717, 1.165) is 25.9 Å². The maximum absolute atomic E-state index is 11.4. The van der Waals surface area contributed by atoms with Crippen LogP contribution in [0, 0.1) is 0 Å². The van der Waals surface area contributed by atoms with Crippen molar-refractivity contribution in [1.82, 2.24) is 10.6 Å². The molecule has 1 saturated carbocycles. The van der Waals surface area contributed by atoms with Crippen LogP contribution in [0.5, 0.6) is 0 Å². The Balaban J connectivity index is 1.71. The van der Waals surface area contributed by atoms with Gasteiger partial charge >= 0.3 is 6.03 Å². The van der Waals surface area contributed by atoms with Gasteiger partial charge in [-0.05, 0) is 26.2 Å². The van der Waals surface area contributed by atoms with Crippen LogP contribution >= 0.6 is 0 Å². The number of hydrogen-bond acceptors (Lipinski definition) is 2. The van der Waals surface area contributed by atoms with Crippen molar-refractivity contribution in [2.75, 3.05) is 13.2 Å². The molecule has 0 aromatic rings. The number of urea groups is 1. The summed E-state index contributed by atoms with van der Waals surface area (Å²) in [5, 5.41) is 5.85. The van der Waals surface area contributed by atoms with E-state index in [4.69, 9.17) is 4.74 Å². The monoisotopic (exact) mass is 184 g/mol. The largest absolute Gasteiger partial charge is 0.379 e. The summed E-state index contributed by atoms with van der Waals surface area (Å²) in [5.74, 6) is 0. The van der Waals surface area contributed by atoms with Crippen molar-refractivity contribution >= 4 is 6.03 Å². The number of carbonyl (C=O) groups is 1. The zero-order chi connectivity index (χ0) is 9.31. The predicted octanol–water partition coefficient (Wildman–Crippen LogP) is 0.627. The molecule has 4 nitrogen and oxygen atoms in total. The predicted molar refractivity (Wildman–Crippen MR) is 48.5 cm³/mol. The van der Waals surface area contributed by atoms with Crippen LogP contribution in [0.3, 0.4) is 0 Å². The van der Waals surface area contributed by atoms with Gasteiger partial charge in [-0.3, -0.25) is 0 Å². The summed E-state index contributed by atoms with van der Waals surface area (Å²) in [5.41, 5.74) is 0.0730. The van der Waals surface area contributed by atoms with E-state index < -0.39 is 0 Å². The number of carbonyl (C=O) groups excluding carboxylic acids is 1. The van der Waals surface area contributed by atoms with E-state index in [9.17, 15) is 4.79 Å². The number of ether oxygens (including phenoxy) is 1. The molecule has 1 aliphatic heterocycles. The van der Waals surface area contributed by atoms with Crippen LogP contribution in [0.2, 0.25) is 0 Å². The molecule has 2 aliphatic rings. The highest BCUT2D eigenvalue weighted by atomic mass is 16.5. The zero-order valence-electron chi connectivity index (χ0n) is 7.93. The first kappa shape index (κ1) is 8.81.